The Morgan fingerprint density at radius 1 is 0.381 bits per heavy atom. The molecule has 0 radical (unpaired) electrons. The second-order valence-corrected chi connectivity index (χ2v) is 47.0. The number of nitrogens with zero attached hydrogens (tertiary/aromatic N) is 10. The lowest BCUT2D eigenvalue weighted by Crippen LogP contribution is -2.40. The van der Waals surface area contributed by atoms with E-state index in [9.17, 15) is 43.2 Å². The Morgan fingerprint density at radius 2 is 0.714 bits per heavy atom. The normalized spacial score (nSPS) is 11.8. The maximum atomic E-state index is 12.0. The summed E-state index contributed by atoms with van der Waals surface area (Å²) >= 11 is 0. The number of hydrogen-bond donors (Lipinski definition) is 4. The van der Waals surface area contributed by atoms with Gasteiger partial charge in [0.1, 0.15) is 6.54 Å². The number of aliphatic hydroxyl groups is 1. The van der Waals surface area contributed by atoms with Crippen molar-refractivity contribution in [2.75, 3.05) is 169 Å². The van der Waals surface area contributed by atoms with Gasteiger partial charge in [-0.3, -0.25) is 43.2 Å². The quantitative estimate of drug-likeness (QED) is 0.0415. The monoisotopic (exact) mass is 1800 g/mol. The highest BCUT2D eigenvalue weighted by Gasteiger charge is 2.25. The standard InChI is InChI=1S/C14H30N2O.C13H28N2O.C13H27NO2.C12H26N2O.C12H25NO2.C11H23NO.C10H18N2O.C9H19NO.C8H17NO/c1-13(2,3)9-8-12(17)15-10-14(4,5)11-16(6)7;1-6-15(7-2)11-10-14-12(16)8-9-13(3,4)5;1-11(2)14(9-10-16-6)12(15)7-8-13(3,4)5;1-12(2,3)8-7-11(15)14(6)10-9-13(4)5;1-5-8-13(9-10-14)11(15)6-7-12(2,3)4;1-9(2)12(6)10(13)7-8-11(3,4)5;1-10(2,3)6-5-9(13)12(4)8-7-11;1-9(2,3)7-6-8(11)10(4)5;1-8(2,3)6-5-7(10)9-4/h8-11H2,1-7H3,(H,15,17);6-11H2,1-5H3,(H,14,16);11H,7-10H2,1-6H3;7-10H2,1-6H3;14H,5-10H2,1-4H3;9H,7-8H2,1-6H3;5-6,8H2,1-4H3;6-7H2,1-5H3;5-6H2,1-4H3,(H,9,10). The Morgan fingerprint density at radius 3 is 1.02 bits per heavy atom. The molecular weight excluding hydrogens is 1580 g/mol. The van der Waals surface area contributed by atoms with Gasteiger partial charge in [-0.05, 0) is 187 Å². The van der Waals surface area contributed by atoms with Gasteiger partial charge in [0.25, 0.3) is 0 Å². The van der Waals surface area contributed by atoms with Gasteiger partial charge in [-0.2, -0.15) is 5.26 Å². The molecule has 126 heavy (non-hydrogen) atoms. The van der Waals surface area contributed by atoms with Crippen LogP contribution in [-0.2, 0) is 47.9 Å². The van der Waals surface area contributed by atoms with Crippen molar-refractivity contribution < 1.29 is 53.0 Å². The fraction of sp³-hybridized carbons (Fsp3) is 0.902. The fourth-order valence-corrected chi connectivity index (χ4v) is 10.5. The topological polar surface area (TPSA) is 272 Å². The zero-order chi connectivity index (χ0) is 101. The Balaban J connectivity index is -0.000000175. The van der Waals surface area contributed by atoms with E-state index >= 15 is 0 Å². The lowest BCUT2D eigenvalue weighted by molar-refractivity contribution is -0.134. The summed E-state index contributed by atoms with van der Waals surface area (Å²) in [7, 11) is 20.5. The summed E-state index contributed by atoms with van der Waals surface area (Å²) < 4.78 is 5.02. The second-order valence-electron chi connectivity index (χ2n) is 47.0. The van der Waals surface area contributed by atoms with Gasteiger partial charge in [-0.25, -0.2) is 0 Å². The Kier molecular flexibility index (Phi) is 79.3. The lowest BCUT2D eigenvalue weighted by atomic mass is 9.90. The molecule has 0 saturated heterocycles. The van der Waals surface area contributed by atoms with Gasteiger partial charge in [0.2, 0.25) is 53.2 Å². The Hall–Kier alpha value is -5.48. The van der Waals surface area contributed by atoms with Gasteiger partial charge in [0.15, 0.2) is 0 Å². The summed E-state index contributed by atoms with van der Waals surface area (Å²) in [5, 5.41) is 25.8. The van der Waals surface area contributed by atoms with Crippen LogP contribution in [0.3, 0.4) is 0 Å². The average Bonchev–Trinajstić information content (AvgIpc) is 0.894. The van der Waals surface area contributed by atoms with Gasteiger partial charge < -0.3 is 69.9 Å². The number of ether oxygens (including phenoxy) is 1. The number of amides is 9. The second kappa shape index (κ2) is 72.2. The summed E-state index contributed by atoms with van der Waals surface area (Å²) in [6, 6.07) is 2.52. The average molecular weight is 1800 g/mol. The van der Waals surface area contributed by atoms with E-state index in [4.69, 9.17) is 15.1 Å². The van der Waals surface area contributed by atoms with Gasteiger partial charge in [0.05, 0.1) is 19.3 Å². The van der Waals surface area contributed by atoms with Crippen molar-refractivity contribution in [3.63, 3.8) is 0 Å². The van der Waals surface area contributed by atoms with E-state index in [1.807, 2.05) is 83.6 Å². The van der Waals surface area contributed by atoms with Gasteiger partial charge in [-0.1, -0.05) is 222 Å². The molecule has 752 valence electrons. The predicted molar refractivity (Wildman–Crippen MR) is 537 cm³/mol. The summed E-state index contributed by atoms with van der Waals surface area (Å²) in [4.78, 5) is 120. The van der Waals surface area contributed by atoms with Gasteiger partial charge in [0, 0.05) is 178 Å². The minimum atomic E-state index is 0.0523. The van der Waals surface area contributed by atoms with Crippen LogP contribution in [-0.4, -0.2) is 284 Å². The highest BCUT2D eigenvalue weighted by Crippen LogP contribution is 2.28. The number of aliphatic hydroxyl groups excluding tert-OH is 1. The third kappa shape index (κ3) is 111. The Bertz CT molecular complexity index is 2830. The molecule has 0 aromatic heterocycles. The minimum Gasteiger partial charge on any atom is -0.395 e. The molecule has 0 unspecified atom stereocenters. The first-order valence-electron chi connectivity index (χ1n) is 47.4. The zero-order valence-electron chi connectivity index (χ0n) is 92.0. The summed E-state index contributed by atoms with van der Waals surface area (Å²) in [5.41, 5.74) is 2.26. The summed E-state index contributed by atoms with van der Waals surface area (Å²) in [5.74, 6) is 1.68. The van der Waals surface area contributed by atoms with E-state index in [2.05, 4.69) is 259 Å². The number of hydrogen-bond acceptors (Lipinski definition) is 15. The van der Waals surface area contributed by atoms with E-state index in [-0.39, 0.29) is 127 Å². The van der Waals surface area contributed by atoms with Gasteiger partial charge >= 0.3 is 0 Å². The van der Waals surface area contributed by atoms with Crippen LogP contribution in [0.5, 0.6) is 0 Å². The number of likely N-dealkylation sites (N-methyl/N-ethyl adjacent to an activating group) is 3. The van der Waals surface area contributed by atoms with E-state index in [0.717, 1.165) is 123 Å². The molecule has 0 spiro atoms. The molecule has 0 aromatic rings. The molecule has 0 fully saturated rings. The number of nitriles is 1. The van der Waals surface area contributed by atoms with Crippen LogP contribution in [0.1, 0.15) is 371 Å². The predicted octanol–water partition coefficient (Wildman–Crippen LogP) is 19.3. The first kappa shape index (κ1) is 138. The van der Waals surface area contributed by atoms with E-state index < -0.39 is 0 Å². The SMILES string of the molecule is CC(C)N(C)C(=O)CCC(C)(C)C.CCCN(CCO)C(=O)CCC(C)(C)C.CCN(CC)CCNC(=O)CCC(C)(C)C.CN(C)C(=O)CCC(C)(C)C.CN(C)CC(C)(C)CNC(=O)CCC(C)(C)C.CN(C)CCN(C)C(=O)CCC(C)(C)C.CN(CC#N)C(=O)CCC(C)(C)C.CNC(=O)CCC(C)(C)C.COCCN(C(=O)CCC(C)(C)C)C(C)C. The molecule has 0 aliphatic heterocycles. The van der Waals surface area contributed by atoms with Crippen molar-refractivity contribution in [3.8, 4) is 6.07 Å². The molecule has 24 heteroatoms. The van der Waals surface area contributed by atoms with Crippen molar-refractivity contribution in [2.24, 2.45) is 54.1 Å². The molecule has 0 saturated carbocycles. The molecule has 0 aliphatic carbocycles. The first-order chi connectivity index (χ1) is 56.7. The summed E-state index contributed by atoms with van der Waals surface area (Å²) in [6.45, 7) is 86.9. The fourth-order valence-electron chi connectivity index (χ4n) is 10.5. The number of carbonyl (C=O) groups excluding carboxylic acids is 9. The number of nitrogens with one attached hydrogen (secondary N) is 3. The van der Waals surface area contributed by atoms with E-state index in [1.54, 1.807) is 45.1 Å². The largest absolute Gasteiger partial charge is 0.395 e. The van der Waals surface area contributed by atoms with Crippen LogP contribution in [0.25, 0.3) is 0 Å². The molecule has 0 bridgehead atoms. The molecule has 0 rings (SSSR count). The first-order valence-corrected chi connectivity index (χ1v) is 47.4. The molecule has 4 N–H and O–H groups in total. The smallest absolute Gasteiger partial charge is 0.223 e. The van der Waals surface area contributed by atoms with Gasteiger partial charge in [-0.15, -0.1) is 0 Å². The molecule has 0 heterocycles. The lowest BCUT2D eigenvalue weighted by Gasteiger charge is -2.28. The molecule has 0 atom stereocenters. The van der Waals surface area contributed by atoms with E-state index in [1.165, 1.54) is 4.90 Å². The highest BCUT2D eigenvalue weighted by molar-refractivity contribution is 5.79. The molecular formula is C102H213N13O11. The minimum absolute atomic E-state index is 0.0523. The molecule has 9 amide bonds. The van der Waals surface area contributed by atoms with Crippen molar-refractivity contribution in [3.05, 3.63) is 0 Å². The summed E-state index contributed by atoms with van der Waals surface area (Å²) in [6.07, 6.45) is 15.0. The zero-order valence-corrected chi connectivity index (χ0v) is 92.0. The third-order valence-electron chi connectivity index (χ3n) is 19.7. The van der Waals surface area contributed by atoms with Crippen molar-refractivity contribution >= 4 is 53.2 Å². The highest BCUT2D eigenvalue weighted by atomic mass is 16.5. The van der Waals surface area contributed by atoms with Crippen LogP contribution in [0.15, 0.2) is 0 Å². The molecule has 24 nitrogen and oxygen atoms in total. The van der Waals surface area contributed by atoms with E-state index in [0.29, 0.717) is 83.5 Å². The molecule has 0 aromatic carbocycles. The van der Waals surface area contributed by atoms with Crippen LogP contribution in [0, 0.1) is 65.5 Å². The number of methoxy groups -OCH3 is 1. The van der Waals surface area contributed by atoms with Crippen LogP contribution in [0.2, 0.25) is 0 Å². The van der Waals surface area contributed by atoms with Crippen LogP contribution < -0.4 is 16.0 Å². The number of rotatable bonds is 40. The van der Waals surface area contributed by atoms with Crippen LogP contribution in [0.4, 0.5) is 0 Å². The van der Waals surface area contributed by atoms with Crippen LogP contribution >= 0.6 is 0 Å². The number of carbonyl (C=O) groups is 9. The van der Waals surface area contributed by atoms with Crippen molar-refractivity contribution in [1.29, 1.82) is 5.26 Å². The maximum absolute atomic E-state index is 12.0. The van der Waals surface area contributed by atoms with Crippen molar-refractivity contribution in [1.82, 2.24) is 60.0 Å². The van der Waals surface area contributed by atoms with Crippen molar-refractivity contribution in [2.45, 2.75) is 383 Å². The molecule has 0 aliphatic rings. The Labute approximate surface area is 780 Å². The maximum Gasteiger partial charge on any atom is 0.223 e. The third-order valence-corrected chi connectivity index (χ3v) is 19.7.